The van der Waals surface area contributed by atoms with E-state index < -0.39 is 23.4 Å². The topological polar surface area (TPSA) is 97.0 Å². The number of hydrogen-bond donors (Lipinski definition) is 2. The van der Waals surface area contributed by atoms with Crippen molar-refractivity contribution in [3.63, 3.8) is 0 Å². The highest BCUT2D eigenvalue weighted by atomic mass is 16.5. The second kappa shape index (κ2) is 9.30. The van der Waals surface area contributed by atoms with Crippen LogP contribution in [0.25, 0.3) is 0 Å². The first-order chi connectivity index (χ1) is 14.4. The van der Waals surface area contributed by atoms with Crippen molar-refractivity contribution in [2.24, 2.45) is 0 Å². The van der Waals surface area contributed by atoms with Crippen LogP contribution in [0, 0.1) is 0 Å². The van der Waals surface area contributed by atoms with E-state index in [-0.39, 0.29) is 19.7 Å². The number of imide groups is 1. The van der Waals surface area contributed by atoms with Gasteiger partial charge in [0.1, 0.15) is 30.2 Å². The predicted molar refractivity (Wildman–Crippen MR) is 110 cm³/mol. The fraction of sp³-hybridized carbons (Fsp3) is 0.318. The molecule has 8 nitrogen and oxygen atoms in total. The summed E-state index contributed by atoms with van der Waals surface area (Å²) < 4.78 is 10.9. The minimum absolute atomic E-state index is 0.242. The van der Waals surface area contributed by atoms with Crippen LogP contribution in [0.15, 0.2) is 54.6 Å². The third-order valence-electron chi connectivity index (χ3n) is 4.76. The maximum Gasteiger partial charge on any atom is 0.325 e. The lowest BCUT2D eigenvalue weighted by molar-refractivity contribution is -0.134. The largest absolute Gasteiger partial charge is 0.494 e. The van der Waals surface area contributed by atoms with Gasteiger partial charge >= 0.3 is 6.03 Å². The molecule has 158 valence electrons. The Labute approximate surface area is 175 Å². The first-order valence-corrected chi connectivity index (χ1v) is 9.76. The summed E-state index contributed by atoms with van der Waals surface area (Å²) in [5, 5.41) is 5.33. The number of nitrogens with one attached hydrogen (secondary N) is 2. The third kappa shape index (κ3) is 4.71. The van der Waals surface area contributed by atoms with Gasteiger partial charge in [-0.2, -0.15) is 0 Å². The van der Waals surface area contributed by atoms with E-state index in [0.29, 0.717) is 17.9 Å². The van der Waals surface area contributed by atoms with E-state index in [1.807, 2.05) is 13.0 Å². The molecule has 4 amide bonds. The van der Waals surface area contributed by atoms with Crippen molar-refractivity contribution in [2.75, 3.05) is 26.3 Å². The first-order valence-electron chi connectivity index (χ1n) is 9.76. The maximum absolute atomic E-state index is 12.8. The molecule has 1 atom stereocenters. The summed E-state index contributed by atoms with van der Waals surface area (Å²) in [5.74, 6) is 0.514. The molecule has 1 aliphatic rings. The number of carbonyl (C=O) groups excluding carboxylic acids is 3. The molecule has 2 N–H and O–H groups in total. The van der Waals surface area contributed by atoms with E-state index in [2.05, 4.69) is 10.6 Å². The lowest BCUT2D eigenvalue weighted by atomic mass is 9.92. The van der Waals surface area contributed by atoms with Crippen LogP contribution in [-0.2, 0) is 15.1 Å². The molecule has 1 unspecified atom stereocenters. The molecule has 1 saturated heterocycles. The smallest absolute Gasteiger partial charge is 0.325 e. The molecule has 0 radical (unpaired) electrons. The van der Waals surface area contributed by atoms with E-state index in [9.17, 15) is 14.4 Å². The van der Waals surface area contributed by atoms with Crippen LogP contribution in [0.5, 0.6) is 11.5 Å². The highest BCUT2D eigenvalue weighted by Gasteiger charge is 2.49. The molecule has 0 aliphatic carbocycles. The van der Waals surface area contributed by atoms with Gasteiger partial charge in [-0.25, -0.2) is 4.79 Å². The van der Waals surface area contributed by atoms with Gasteiger partial charge in [0, 0.05) is 0 Å². The Hall–Kier alpha value is -3.55. The predicted octanol–water partition coefficient (Wildman–Crippen LogP) is 2.05. The number of urea groups is 1. The van der Waals surface area contributed by atoms with E-state index >= 15 is 0 Å². The van der Waals surface area contributed by atoms with Crippen LogP contribution < -0.4 is 20.1 Å². The number of hydrogen-bond acceptors (Lipinski definition) is 5. The van der Waals surface area contributed by atoms with Crippen LogP contribution in [0.4, 0.5) is 4.79 Å². The van der Waals surface area contributed by atoms with E-state index in [1.54, 1.807) is 55.5 Å². The average Bonchev–Trinajstić information content (AvgIpc) is 2.97. The molecular weight excluding hydrogens is 386 g/mol. The van der Waals surface area contributed by atoms with Crippen molar-refractivity contribution in [3.8, 4) is 11.5 Å². The third-order valence-corrected chi connectivity index (χ3v) is 4.76. The lowest BCUT2D eigenvalue weighted by Crippen LogP contribution is -2.43. The molecular formula is C22H25N3O5. The molecule has 0 bridgehead atoms. The molecule has 0 saturated carbocycles. The number of nitrogens with zero attached hydrogens (tertiary/aromatic N) is 1. The van der Waals surface area contributed by atoms with Crippen molar-refractivity contribution in [3.05, 3.63) is 60.2 Å². The Bertz CT molecular complexity index is 901. The van der Waals surface area contributed by atoms with Gasteiger partial charge in [-0.15, -0.1) is 0 Å². The van der Waals surface area contributed by atoms with Gasteiger partial charge in [-0.1, -0.05) is 30.3 Å². The summed E-state index contributed by atoms with van der Waals surface area (Å²) in [6.45, 7) is 4.28. The second-order valence-electron chi connectivity index (χ2n) is 6.92. The monoisotopic (exact) mass is 411 g/mol. The van der Waals surface area contributed by atoms with Crippen LogP contribution >= 0.6 is 0 Å². The van der Waals surface area contributed by atoms with Gasteiger partial charge < -0.3 is 20.1 Å². The minimum Gasteiger partial charge on any atom is -0.494 e. The van der Waals surface area contributed by atoms with Gasteiger partial charge in [0.25, 0.3) is 5.91 Å². The van der Waals surface area contributed by atoms with E-state index in [0.717, 1.165) is 10.6 Å². The molecule has 0 aromatic heterocycles. The zero-order valence-corrected chi connectivity index (χ0v) is 17.0. The van der Waals surface area contributed by atoms with Crippen molar-refractivity contribution in [1.29, 1.82) is 0 Å². The molecule has 8 heteroatoms. The fourth-order valence-corrected chi connectivity index (χ4v) is 3.17. The van der Waals surface area contributed by atoms with Crippen molar-refractivity contribution >= 4 is 17.8 Å². The van der Waals surface area contributed by atoms with Gasteiger partial charge in [-0.05, 0) is 43.7 Å². The van der Waals surface area contributed by atoms with Crippen molar-refractivity contribution in [2.45, 2.75) is 19.4 Å². The number of ether oxygens (including phenoxy) is 2. The molecule has 1 heterocycles. The molecule has 0 spiro atoms. The Morgan fingerprint density at radius 1 is 1.03 bits per heavy atom. The summed E-state index contributed by atoms with van der Waals surface area (Å²) in [4.78, 5) is 38.2. The van der Waals surface area contributed by atoms with Gasteiger partial charge in [0.15, 0.2) is 0 Å². The van der Waals surface area contributed by atoms with Crippen molar-refractivity contribution in [1.82, 2.24) is 15.5 Å². The lowest BCUT2D eigenvalue weighted by Gasteiger charge is -2.22. The summed E-state index contributed by atoms with van der Waals surface area (Å²) in [6.07, 6.45) is 0. The van der Waals surface area contributed by atoms with Gasteiger partial charge in [0.2, 0.25) is 5.91 Å². The Morgan fingerprint density at radius 3 is 2.30 bits per heavy atom. The second-order valence-corrected chi connectivity index (χ2v) is 6.92. The van der Waals surface area contributed by atoms with Crippen LogP contribution in [0.2, 0.25) is 0 Å². The Morgan fingerprint density at radius 2 is 1.67 bits per heavy atom. The van der Waals surface area contributed by atoms with Crippen LogP contribution in [-0.4, -0.2) is 49.0 Å². The van der Waals surface area contributed by atoms with Crippen molar-refractivity contribution < 1.29 is 23.9 Å². The molecule has 3 rings (SSSR count). The highest BCUT2D eigenvalue weighted by molar-refractivity contribution is 6.09. The molecule has 1 fully saturated rings. The standard InChI is InChI=1S/C22H25N3O5/c1-3-29-17-9-11-18(12-10-17)30-14-13-23-19(26)15-25-20(27)22(2,24-21(25)28)16-7-5-4-6-8-16/h4-12H,3,13-15H2,1-2H3,(H,23,26)(H,24,28). The Balaban J connectivity index is 1.46. The first kappa shape index (κ1) is 21.2. The molecule has 1 aliphatic heterocycles. The molecule has 2 aromatic carbocycles. The Kier molecular flexibility index (Phi) is 6.56. The number of benzene rings is 2. The van der Waals surface area contributed by atoms with Crippen LogP contribution in [0.1, 0.15) is 19.4 Å². The van der Waals surface area contributed by atoms with Gasteiger partial charge in [-0.3, -0.25) is 14.5 Å². The quantitative estimate of drug-likeness (QED) is 0.486. The normalized spacial score (nSPS) is 18.1. The van der Waals surface area contributed by atoms with E-state index in [4.69, 9.17) is 9.47 Å². The van der Waals surface area contributed by atoms with Gasteiger partial charge in [0.05, 0.1) is 13.2 Å². The summed E-state index contributed by atoms with van der Waals surface area (Å²) in [6, 6.07) is 15.5. The zero-order chi connectivity index (χ0) is 21.6. The summed E-state index contributed by atoms with van der Waals surface area (Å²) in [7, 11) is 0. The molecule has 2 aromatic rings. The summed E-state index contributed by atoms with van der Waals surface area (Å²) in [5.41, 5.74) is -0.523. The highest BCUT2D eigenvalue weighted by Crippen LogP contribution is 2.28. The number of carbonyl (C=O) groups is 3. The molecule has 30 heavy (non-hydrogen) atoms. The summed E-state index contributed by atoms with van der Waals surface area (Å²) >= 11 is 0. The van der Waals surface area contributed by atoms with E-state index in [1.165, 1.54) is 0 Å². The number of amides is 4. The van der Waals surface area contributed by atoms with Crippen LogP contribution in [0.3, 0.4) is 0 Å². The maximum atomic E-state index is 12.8. The number of rotatable bonds is 9. The zero-order valence-electron chi connectivity index (χ0n) is 17.0. The minimum atomic E-state index is -1.19. The fourth-order valence-electron chi connectivity index (χ4n) is 3.17. The SMILES string of the molecule is CCOc1ccc(OCCNC(=O)CN2C(=O)NC(C)(c3ccccc3)C2=O)cc1. The average molecular weight is 411 g/mol.